The zero-order chi connectivity index (χ0) is 16.1. The highest BCUT2D eigenvalue weighted by atomic mass is 16.7. The van der Waals surface area contributed by atoms with Gasteiger partial charge in [-0.15, -0.1) is 5.53 Å². The number of rotatable bonds is 6. The van der Waals surface area contributed by atoms with Crippen LogP contribution in [0.2, 0.25) is 0 Å². The lowest BCUT2D eigenvalue weighted by Gasteiger charge is -2.33. The first-order chi connectivity index (χ1) is 11.3. The van der Waals surface area contributed by atoms with Crippen LogP contribution in [0.25, 0.3) is 0 Å². The number of benzene rings is 1. The molecule has 1 saturated carbocycles. The van der Waals surface area contributed by atoms with Crippen molar-refractivity contribution in [1.29, 1.82) is 5.41 Å². The van der Waals surface area contributed by atoms with Gasteiger partial charge in [0.2, 0.25) is 0 Å². The lowest BCUT2D eigenvalue weighted by molar-refractivity contribution is 0.0181. The van der Waals surface area contributed by atoms with Crippen molar-refractivity contribution in [2.24, 2.45) is 4.99 Å². The molecule has 1 unspecified atom stereocenters. The molecule has 0 saturated heterocycles. The quantitative estimate of drug-likeness (QED) is 0.788. The molecule has 6 nitrogen and oxygen atoms in total. The van der Waals surface area contributed by atoms with E-state index in [-0.39, 0.29) is 6.10 Å². The number of para-hydroxylation sites is 2. The molecule has 6 heteroatoms. The van der Waals surface area contributed by atoms with Crippen LogP contribution in [0, 0.1) is 5.41 Å². The fraction of sp³-hybridized carbons (Fsp3) is 0.588. The van der Waals surface area contributed by atoms with Crippen molar-refractivity contribution < 1.29 is 4.84 Å². The number of nitrogens with zero attached hydrogens (tertiary/aromatic N) is 3. The Balaban J connectivity index is 1.76. The summed E-state index contributed by atoms with van der Waals surface area (Å²) in [6, 6.07) is 10.9. The summed E-state index contributed by atoms with van der Waals surface area (Å²) in [6.07, 6.45) is 7.10. The molecule has 1 aliphatic heterocycles. The van der Waals surface area contributed by atoms with Gasteiger partial charge in [-0.05, 0) is 31.4 Å². The molecule has 0 spiro atoms. The topological polar surface area (TPSA) is 64.0 Å². The summed E-state index contributed by atoms with van der Waals surface area (Å²) in [5.41, 5.74) is 5.61. The SMILES string of the molecule is CCC(CN=C=N)ON1NN(C2CCCCC2)c2ccccc21. The van der Waals surface area contributed by atoms with Gasteiger partial charge in [0, 0.05) is 6.04 Å². The molecule has 2 aliphatic rings. The number of anilines is 2. The molecule has 2 N–H and O–H groups in total. The summed E-state index contributed by atoms with van der Waals surface area (Å²) in [6.45, 7) is 2.51. The maximum atomic E-state index is 6.93. The van der Waals surface area contributed by atoms with E-state index >= 15 is 0 Å². The minimum atomic E-state index is -0.0697. The second kappa shape index (κ2) is 7.59. The standard InChI is InChI=1S/C17H25N5O/c1-2-15(12-19-13-18)23-22-17-11-7-6-10-16(17)21(20-22)14-8-4-3-5-9-14/h6-7,10-11,14-15,18,20H,2-5,8-9,12H2,1H3. The monoisotopic (exact) mass is 315 g/mol. The van der Waals surface area contributed by atoms with Gasteiger partial charge < -0.3 is 0 Å². The highest BCUT2D eigenvalue weighted by Crippen LogP contribution is 2.37. The van der Waals surface area contributed by atoms with E-state index in [0.717, 1.165) is 12.1 Å². The summed E-state index contributed by atoms with van der Waals surface area (Å²) < 4.78 is 0. The average molecular weight is 315 g/mol. The molecule has 1 heterocycles. The van der Waals surface area contributed by atoms with Crippen LogP contribution in [0.5, 0.6) is 0 Å². The van der Waals surface area contributed by atoms with Gasteiger partial charge >= 0.3 is 0 Å². The van der Waals surface area contributed by atoms with E-state index in [2.05, 4.69) is 46.7 Å². The predicted molar refractivity (Wildman–Crippen MR) is 91.6 cm³/mol. The van der Waals surface area contributed by atoms with Crippen LogP contribution in [-0.2, 0) is 4.84 Å². The fourth-order valence-electron chi connectivity index (χ4n) is 3.28. The molecule has 0 radical (unpaired) electrons. The number of fused-ring (bicyclic) bond motifs is 1. The third kappa shape index (κ3) is 3.55. The van der Waals surface area contributed by atoms with Gasteiger partial charge in [0.1, 0.15) is 11.8 Å². The molecule has 0 bridgehead atoms. The summed E-state index contributed by atoms with van der Waals surface area (Å²) in [5, 5.41) is 10.9. The Morgan fingerprint density at radius 1 is 1.30 bits per heavy atom. The van der Waals surface area contributed by atoms with Crippen LogP contribution in [0.15, 0.2) is 29.3 Å². The van der Waals surface area contributed by atoms with Gasteiger partial charge in [0.25, 0.3) is 0 Å². The van der Waals surface area contributed by atoms with E-state index in [1.807, 2.05) is 6.07 Å². The van der Waals surface area contributed by atoms with Crippen molar-refractivity contribution >= 4 is 17.4 Å². The normalized spacial score (nSPS) is 19.3. The minimum Gasteiger partial charge on any atom is -0.284 e. The van der Waals surface area contributed by atoms with Crippen LogP contribution < -0.4 is 15.7 Å². The van der Waals surface area contributed by atoms with Crippen molar-refractivity contribution in [3.05, 3.63) is 24.3 Å². The molecule has 1 aromatic rings. The van der Waals surface area contributed by atoms with Crippen molar-refractivity contribution in [3.8, 4) is 0 Å². The van der Waals surface area contributed by atoms with Crippen LogP contribution in [-0.4, -0.2) is 24.7 Å². The summed E-state index contributed by atoms with van der Waals surface area (Å²) in [5.74, 6) is 0. The van der Waals surface area contributed by atoms with E-state index in [0.29, 0.717) is 12.6 Å². The van der Waals surface area contributed by atoms with Crippen molar-refractivity contribution in [3.63, 3.8) is 0 Å². The molecule has 0 amide bonds. The number of hydrogen-bond donors (Lipinski definition) is 2. The lowest BCUT2D eigenvalue weighted by atomic mass is 9.95. The number of hydrazine groups is 2. The number of nitrogens with one attached hydrogen (secondary N) is 2. The number of aliphatic imine (C=N–C) groups is 1. The van der Waals surface area contributed by atoms with Crippen LogP contribution in [0.4, 0.5) is 11.4 Å². The molecule has 1 fully saturated rings. The van der Waals surface area contributed by atoms with Gasteiger partial charge in [-0.25, -0.2) is 10.4 Å². The molecule has 124 valence electrons. The van der Waals surface area contributed by atoms with Crippen molar-refractivity contribution in [1.82, 2.24) is 5.53 Å². The van der Waals surface area contributed by atoms with Crippen LogP contribution >= 0.6 is 0 Å². The van der Waals surface area contributed by atoms with Gasteiger partial charge in [0.15, 0.2) is 0 Å². The Bertz CT molecular complexity index is 566. The minimum absolute atomic E-state index is 0.0697. The Hall–Kier alpha value is -1.88. The first-order valence-corrected chi connectivity index (χ1v) is 8.53. The van der Waals surface area contributed by atoms with Gasteiger partial charge in [-0.3, -0.25) is 9.85 Å². The summed E-state index contributed by atoms with van der Waals surface area (Å²) >= 11 is 0. The highest BCUT2D eigenvalue weighted by molar-refractivity contribution is 5.73. The molecule has 3 rings (SSSR count). The Kier molecular flexibility index (Phi) is 5.28. The molecular formula is C17H25N5O. The predicted octanol–water partition coefficient (Wildman–Crippen LogP) is 3.53. The molecule has 0 aromatic heterocycles. The third-order valence-electron chi connectivity index (χ3n) is 4.58. The average Bonchev–Trinajstić information content (AvgIpc) is 2.98. The van der Waals surface area contributed by atoms with Gasteiger partial charge in [0.05, 0.1) is 18.2 Å². The van der Waals surface area contributed by atoms with E-state index in [9.17, 15) is 0 Å². The molecule has 1 aromatic carbocycles. The molecule has 1 atom stereocenters. The smallest absolute Gasteiger partial charge is 0.109 e. The highest BCUT2D eigenvalue weighted by Gasteiger charge is 2.33. The second-order valence-corrected chi connectivity index (χ2v) is 6.13. The van der Waals surface area contributed by atoms with Crippen LogP contribution in [0.3, 0.4) is 0 Å². The Labute approximate surface area is 137 Å². The maximum absolute atomic E-state index is 6.93. The van der Waals surface area contributed by atoms with Crippen molar-refractivity contribution in [2.75, 3.05) is 16.7 Å². The first kappa shape index (κ1) is 16.0. The largest absolute Gasteiger partial charge is 0.284 e. The summed E-state index contributed by atoms with van der Waals surface area (Å²) in [4.78, 5) is 9.95. The zero-order valence-corrected chi connectivity index (χ0v) is 13.7. The summed E-state index contributed by atoms with van der Waals surface area (Å²) in [7, 11) is 0. The second-order valence-electron chi connectivity index (χ2n) is 6.13. The molecular weight excluding hydrogens is 290 g/mol. The maximum Gasteiger partial charge on any atom is 0.109 e. The van der Waals surface area contributed by atoms with Crippen LogP contribution in [0.1, 0.15) is 45.4 Å². The van der Waals surface area contributed by atoms with Crippen molar-refractivity contribution in [2.45, 2.75) is 57.6 Å². The van der Waals surface area contributed by atoms with E-state index in [1.54, 1.807) is 5.17 Å². The third-order valence-corrected chi connectivity index (χ3v) is 4.58. The van der Waals surface area contributed by atoms with E-state index < -0.39 is 0 Å². The van der Waals surface area contributed by atoms with E-state index in [4.69, 9.17) is 10.2 Å². The first-order valence-electron chi connectivity index (χ1n) is 8.53. The van der Waals surface area contributed by atoms with E-state index in [1.165, 1.54) is 37.8 Å². The lowest BCUT2D eigenvalue weighted by Crippen LogP contribution is -2.51. The molecule has 23 heavy (non-hydrogen) atoms. The Morgan fingerprint density at radius 3 is 2.74 bits per heavy atom. The zero-order valence-electron chi connectivity index (χ0n) is 13.7. The fourth-order valence-corrected chi connectivity index (χ4v) is 3.28. The van der Waals surface area contributed by atoms with Gasteiger partial charge in [-0.1, -0.05) is 38.3 Å². The van der Waals surface area contributed by atoms with Gasteiger partial charge in [-0.2, -0.15) is 5.17 Å². The molecule has 1 aliphatic carbocycles. The number of hydrogen-bond acceptors (Lipinski definition) is 6. The Morgan fingerprint density at radius 2 is 2.04 bits per heavy atom.